The molecule has 0 atom stereocenters. The number of hydrogen-bond acceptors (Lipinski definition) is 2. The Morgan fingerprint density at radius 3 is 2.20 bits per heavy atom. The van der Waals surface area contributed by atoms with E-state index < -0.39 is 0 Å². The van der Waals surface area contributed by atoms with E-state index in [0.29, 0.717) is 16.4 Å². The van der Waals surface area contributed by atoms with Crippen LogP contribution in [0.3, 0.4) is 0 Å². The van der Waals surface area contributed by atoms with Crippen molar-refractivity contribution in [2.75, 3.05) is 11.5 Å². The molecule has 2 nitrogen and oxygen atoms in total. The predicted molar refractivity (Wildman–Crippen MR) is 65.7 cm³/mol. The van der Waals surface area contributed by atoms with E-state index in [-0.39, 0.29) is 0 Å². The van der Waals surface area contributed by atoms with Crippen LogP contribution < -0.4 is 11.5 Å². The number of rotatable bonds is 1. The first-order valence-corrected chi connectivity index (χ1v) is 4.95. The van der Waals surface area contributed by atoms with Gasteiger partial charge in [0.05, 0.1) is 0 Å². The van der Waals surface area contributed by atoms with Crippen molar-refractivity contribution in [1.29, 1.82) is 0 Å². The van der Waals surface area contributed by atoms with E-state index in [9.17, 15) is 0 Å². The average Bonchev–Trinajstić information content (AvgIpc) is 2.23. The second kappa shape index (κ2) is 3.83. The van der Waals surface area contributed by atoms with Gasteiger partial charge in [0, 0.05) is 22.0 Å². The molecule has 0 aromatic heterocycles. The maximum atomic E-state index is 5.87. The van der Waals surface area contributed by atoms with E-state index in [1.54, 1.807) is 12.1 Å². The molecule has 4 N–H and O–H groups in total. The number of benzene rings is 2. The lowest BCUT2D eigenvalue weighted by atomic mass is 10.0. The number of nitrogens with two attached hydrogens (primary N) is 2. The average molecular weight is 219 g/mol. The fraction of sp³-hybridized carbons (Fsp3) is 0. The highest BCUT2D eigenvalue weighted by Crippen LogP contribution is 2.28. The predicted octanol–water partition coefficient (Wildman–Crippen LogP) is 3.17. The van der Waals surface area contributed by atoms with E-state index in [0.717, 1.165) is 11.1 Å². The lowest BCUT2D eigenvalue weighted by Crippen LogP contribution is -1.92. The van der Waals surface area contributed by atoms with Crippen molar-refractivity contribution in [1.82, 2.24) is 0 Å². The molecule has 0 saturated carbocycles. The van der Waals surface area contributed by atoms with Crippen LogP contribution in [-0.2, 0) is 0 Å². The van der Waals surface area contributed by atoms with Crippen LogP contribution in [0.15, 0.2) is 42.5 Å². The van der Waals surface area contributed by atoms with Gasteiger partial charge in [0.25, 0.3) is 0 Å². The van der Waals surface area contributed by atoms with Gasteiger partial charge in [-0.15, -0.1) is 0 Å². The Hall–Kier alpha value is -1.67. The number of anilines is 2. The lowest BCUT2D eigenvalue weighted by Gasteiger charge is -2.06. The van der Waals surface area contributed by atoms with Gasteiger partial charge in [0.15, 0.2) is 0 Å². The summed E-state index contributed by atoms with van der Waals surface area (Å²) in [5.41, 5.74) is 15.0. The minimum absolute atomic E-state index is 0.703. The minimum atomic E-state index is 0.703. The van der Waals surface area contributed by atoms with Gasteiger partial charge in [-0.25, -0.2) is 0 Å². The van der Waals surface area contributed by atoms with Crippen LogP contribution in [0, 0.1) is 0 Å². The highest BCUT2D eigenvalue weighted by atomic mass is 35.5. The molecule has 0 aliphatic carbocycles. The van der Waals surface area contributed by atoms with Crippen LogP contribution in [0.25, 0.3) is 11.1 Å². The van der Waals surface area contributed by atoms with Gasteiger partial charge < -0.3 is 11.5 Å². The van der Waals surface area contributed by atoms with Gasteiger partial charge in [0.2, 0.25) is 0 Å². The molecule has 2 rings (SSSR count). The molecule has 0 saturated heterocycles. The van der Waals surface area contributed by atoms with Crippen LogP contribution in [0.4, 0.5) is 11.4 Å². The molecule has 0 radical (unpaired) electrons. The maximum absolute atomic E-state index is 5.87. The fourth-order valence-corrected chi connectivity index (χ4v) is 1.58. The largest absolute Gasteiger partial charge is 0.399 e. The molecule has 0 amide bonds. The zero-order valence-corrected chi connectivity index (χ0v) is 8.83. The van der Waals surface area contributed by atoms with Crippen molar-refractivity contribution in [3.8, 4) is 11.1 Å². The molecule has 2 aromatic carbocycles. The summed E-state index contributed by atoms with van der Waals surface area (Å²) in [7, 11) is 0. The van der Waals surface area contributed by atoms with E-state index in [1.165, 1.54) is 0 Å². The summed E-state index contributed by atoms with van der Waals surface area (Å²) in [4.78, 5) is 0. The molecule has 2 aromatic rings. The van der Waals surface area contributed by atoms with Crippen molar-refractivity contribution in [3.63, 3.8) is 0 Å². The smallest absolute Gasteiger partial charge is 0.0406 e. The number of halogens is 1. The third kappa shape index (κ3) is 2.05. The Bertz CT molecular complexity index is 477. The summed E-state index contributed by atoms with van der Waals surface area (Å²) >= 11 is 5.81. The van der Waals surface area contributed by atoms with Crippen molar-refractivity contribution >= 4 is 23.0 Å². The monoisotopic (exact) mass is 218 g/mol. The van der Waals surface area contributed by atoms with E-state index in [2.05, 4.69) is 0 Å². The van der Waals surface area contributed by atoms with Crippen molar-refractivity contribution in [3.05, 3.63) is 47.5 Å². The van der Waals surface area contributed by atoms with Crippen molar-refractivity contribution in [2.45, 2.75) is 0 Å². The van der Waals surface area contributed by atoms with Crippen LogP contribution in [0.1, 0.15) is 0 Å². The molecule has 0 heterocycles. The molecule has 0 fully saturated rings. The van der Waals surface area contributed by atoms with Crippen LogP contribution in [0.5, 0.6) is 0 Å². The van der Waals surface area contributed by atoms with Crippen LogP contribution >= 0.6 is 11.6 Å². The fourth-order valence-electron chi connectivity index (χ4n) is 1.45. The molecule has 0 aliphatic heterocycles. The van der Waals surface area contributed by atoms with E-state index in [1.807, 2.05) is 30.3 Å². The Morgan fingerprint density at radius 1 is 0.867 bits per heavy atom. The Labute approximate surface area is 93.5 Å². The highest BCUT2D eigenvalue weighted by Gasteiger charge is 2.02. The molecule has 0 bridgehead atoms. The van der Waals surface area contributed by atoms with E-state index in [4.69, 9.17) is 23.1 Å². The van der Waals surface area contributed by atoms with E-state index >= 15 is 0 Å². The van der Waals surface area contributed by atoms with Crippen LogP contribution in [-0.4, -0.2) is 0 Å². The molecule has 76 valence electrons. The molecular weight excluding hydrogens is 208 g/mol. The molecular formula is C12H11ClN2. The molecule has 15 heavy (non-hydrogen) atoms. The van der Waals surface area contributed by atoms with Gasteiger partial charge >= 0.3 is 0 Å². The Kier molecular flexibility index (Phi) is 2.52. The summed E-state index contributed by atoms with van der Waals surface area (Å²) in [6.07, 6.45) is 0. The number of nitrogen functional groups attached to an aromatic ring is 2. The first-order chi connectivity index (χ1) is 7.16. The molecule has 0 aliphatic rings. The zero-order valence-electron chi connectivity index (χ0n) is 8.07. The quantitative estimate of drug-likeness (QED) is 0.723. The van der Waals surface area contributed by atoms with Crippen molar-refractivity contribution in [2.24, 2.45) is 0 Å². The Balaban J connectivity index is 2.53. The summed E-state index contributed by atoms with van der Waals surface area (Å²) in [5, 5.41) is 0.709. The maximum Gasteiger partial charge on any atom is 0.0406 e. The first kappa shape index (κ1) is 9.87. The van der Waals surface area contributed by atoms with Crippen LogP contribution in [0.2, 0.25) is 5.02 Å². The summed E-state index contributed by atoms with van der Waals surface area (Å²) < 4.78 is 0. The molecule has 3 heteroatoms. The summed E-state index contributed by atoms with van der Waals surface area (Å²) in [6.45, 7) is 0. The second-order valence-corrected chi connectivity index (χ2v) is 3.79. The third-order valence-electron chi connectivity index (χ3n) is 2.23. The summed E-state index contributed by atoms with van der Waals surface area (Å²) in [6, 6.07) is 13.0. The Morgan fingerprint density at radius 2 is 1.53 bits per heavy atom. The lowest BCUT2D eigenvalue weighted by molar-refractivity contribution is 1.60. The van der Waals surface area contributed by atoms with Gasteiger partial charge in [-0.1, -0.05) is 23.7 Å². The highest BCUT2D eigenvalue weighted by molar-refractivity contribution is 6.30. The topological polar surface area (TPSA) is 52.0 Å². The zero-order chi connectivity index (χ0) is 10.8. The third-order valence-corrected chi connectivity index (χ3v) is 2.48. The molecule has 0 unspecified atom stereocenters. The van der Waals surface area contributed by atoms with Gasteiger partial charge in [-0.05, 0) is 35.9 Å². The minimum Gasteiger partial charge on any atom is -0.399 e. The standard InChI is InChI=1S/C12H11ClN2/c13-9-3-1-8(2-4-9)11-7-10(14)5-6-12(11)15/h1-7H,14-15H2. The first-order valence-electron chi connectivity index (χ1n) is 4.58. The van der Waals surface area contributed by atoms with Gasteiger partial charge in [-0.3, -0.25) is 0 Å². The van der Waals surface area contributed by atoms with Gasteiger partial charge in [-0.2, -0.15) is 0 Å². The normalized spacial score (nSPS) is 10.2. The number of hydrogen-bond donors (Lipinski definition) is 2. The van der Waals surface area contributed by atoms with Crippen molar-refractivity contribution < 1.29 is 0 Å². The summed E-state index contributed by atoms with van der Waals surface area (Å²) in [5.74, 6) is 0. The van der Waals surface area contributed by atoms with Gasteiger partial charge in [0.1, 0.15) is 0 Å². The molecule has 0 spiro atoms. The second-order valence-electron chi connectivity index (χ2n) is 3.35. The SMILES string of the molecule is Nc1ccc(N)c(-c2ccc(Cl)cc2)c1.